The van der Waals surface area contributed by atoms with Crippen LogP contribution in [0.15, 0.2) is 30.3 Å². The number of hydrogen-bond donors (Lipinski definition) is 1. The molecule has 1 atom stereocenters. The van der Waals surface area contributed by atoms with Gasteiger partial charge in [-0.3, -0.25) is 4.79 Å². The van der Waals surface area contributed by atoms with Crippen LogP contribution in [0.3, 0.4) is 0 Å². The third-order valence-corrected chi connectivity index (χ3v) is 8.09. The molecule has 0 radical (unpaired) electrons. The van der Waals surface area contributed by atoms with Crippen LogP contribution in [0.25, 0.3) is 11.5 Å². The van der Waals surface area contributed by atoms with Gasteiger partial charge in [-0.25, -0.2) is 22.5 Å². The van der Waals surface area contributed by atoms with Gasteiger partial charge in [0.15, 0.2) is 0 Å². The number of alkyl halides is 3. The first-order chi connectivity index (χ1) is 17.8. The minimum absolute atomic E-state index is 0.0523. The highest BCUT2D eigenvalue weighted by atomic mass is 32.2. The molecule has 1 N–H and O–H groups in total. The van der Waals surface area contributed by atoms with Gasteiger partial charge in [-0.1, -0.05) is 6.07 Å². The lowest BCUT2D eigenvalue weighted by molar-refractivity contribution is -0.130. The van der Waals surface area contributed by atoms with E-state index >= 15 is 0 Å². The second-order valence-electron chi connectivity index (χ2n) is 9.15. The van der Waals surface area contributed by atoms with Crippen LogP contribution >= 0.6 is 0 Å². The van der Waals surface area contributed by atoms with Crippen LogP contribution in [0, 0.1) is 5.82 Å². The van der Waals surface area contributed by atoms with Gasteiger partial charge >= 0.3 is 6.18 Å². The molecule has 1 aromatic carbocycles. The molecule has 38 heavy (non-hydrogen) atoms. The van der Waals surface area contributed by atoms with E-state index in [-0.39, 0.29) is 30.4 Å². The molecule has 1 amide bonds. The van der Waals surface area contributed by atoms with Crippen LogP contribution in [0.5, 0.6) is 0 Å². The summed E-state index contributed by atoms with van der Waals surface area (Å²) < 4.78 is 80.6. The SMILES string of the molecule is CC1c2cc(C(=O)Nc3cccc(-c4nnnn4C(C)C)n3)c(F)cc2CCN1S(=O)(=O)CCC(F)(F)F. The highest BCUT2D eigenvalue weighted by Gasteiger charge is 2.37. The topological polar surface area (TPSA) is 123 Å². The predicted molar refractivity (Wildman–Crippen MR) is 129 cm³/mol. The number of tetrazole rings is 1. The molecule has 204 valence electrons. The fourth-order valence-corrected chi connectivity index (χ4v) is 5.94. The molecule has 10 nitrogen and oxygen atoms in total. The number of aromatic nitrogens is 5. The molecule has 1 aliphatic heterocycles. The largest absolute Gasteiger partial charge is 0.390 e. The average Bonchev–Trinajstić information content (AvgIpc) is 3.33. The van der Waals surface area contributed by atoms with E-state index in [0.717, 1.165) is 10.4 Å². The molecule has 0 saturated heterocycles. The monoisotopic (exact) mass is 555 g/mol. The molecule has 0 fully saturated rings. The number of anilines is 1. The Labute approximate surface area is 216 Å². The van der Waals surface area contributed by atoms with Crippen molar-refractivity contribution in [2.24, 2.45) is 0 Å². The molecular weight excluding hydrogens is 530 g/mol. The number of carbonyl (C=O) groups excluding carboxylic acids is 1. The summed E-state index contributed by atoms with van der Waals surface area (Å²) >= 11 is 0. The maximum absolute atomic E-state index is 14.9. The number of carbonyl (C=O) groups is 1. The molecule has 1 unspecified atom stereocenters. The van der Waals surface area contributed by atoms with Gasteiger partial charge in [0.05, 0.1) is 23.8 Å². The molecule has 0 bridgehead atoms. The van der Waals surface area contributed by atoms with Crippen LogP contribution < -0.4 is 5.32 Å². The van der Waals surface area contributed by atoms with Crippen LogP contribution in [0.4, 0.5) is 23.4 Å². The Morgan fingerprint density at radius 2 is 1.97 bits per heavy atom. The summed E-state index contributed by atoms with van der Waals surface area (Å²) in [6, 6.07) is 6.21. The predicted octanol–water partition coefficient (Wildman–Crippen LogP) is 3.91. The number of amides is 1. The van der Waals surface area contributed by atoms with Crippen molar-refractivity contribution in [1.82, 2.24) is 29.5 Å². The lowest BCUT2D eigenvalue weighted by Gasteiger charge is -2.34. The smallest absolute Gasteiger partial charge is 0.306 e. The van der Waals surface area contributed by atoms with Gasteiger partial charge in [-0.2, -0.15) is 17.5 Å². The van der Waals surface area contributed by atoms with E-state index in [0.29, 0.717) is 22.6 Å². The van der Waals surface area contributed by atoms with Crippen molar-refractivity contribution < 1.29 is 30.8 Å². The van der Waals surface area contributed by atoms with Crippen molar-refractivity contribution in [3.8, 4) is 11.5 Å². The number of rotatable bonds is 7. The molecule has 0 saturated carbocycles. The Hall–Kier alpha value is -3.46. The maximum Gasteiger partial charge on any atom is 0.390 e. The lowest BCUT2D eigenvalue weighted by Crippen LogP contribution is -2.41. The minimum Gasteiger partial charge on any atom is -0.306 e. The van der Waals surface area contributed by atoms with E-state index < -0.39 is 46.1 Å². The molecule has 0 spiro atoms. The van der Waals surface area contributed by atoms with Gasteiger partial charge in [0, 0.05) is 12.6 Å². The molecule has 3 aromatic rings. The van der Waals surface area contributed by atoms with Crippen molar-refractivity contribution >= 4 is 21.7 Å². The summed E-state index contributed by atoms with van der Waals surface area (Å²) in [5.74, 6) is -2.26. The Morgan fingerprint density at radius 1 is 1.24 bits per heavy atom. The van der Waals surface area contributed by atoms with Crippen LogP contribution in [0.2, 0.25) is 0 Å². The van der Waals surface area contributed by atoms with Crippen LogP contribution in [0.1, 0.15) is 60.8 Å². The molecule has 3 heterocycles. The van der Waals surface area contributed by atoms with E-state index in [4.69, 9.17) is 0 Å². The molecular formula is C23H25F4N7O3S. The van der Waals surface area contributed by atoms with Gasteiger partial charge in [0.25, 0.3) is 5.91 Å². The Kier molecular flexibility index (Phi) is 7.52. The third-order valence-electron chi connectivity index (χ3n) is 6.16. The first kappa shape index (κ1) is 27.6. The highest BCUT2D eigenvalue weighted by Crippen LogP contribution is 2.34. The fraction of sp³-hybridized carbons (Fsp3) is 0.435. The Balaban J connectivity index is 1.58. The number of sulfonamides is 1. The van der Waals surface area contributed by atoms with E-state index in [2.05, 4.69) is 25.8 Å². The van der Waals surface area contributed by atoms with Crippen molar-refractivity contribution in [2.75, 3.05) is 17.6 Å². The van der Waals surface area contributed by atoms with Crippen molar-refractivity contribution in [3.63, 3.8) is 0 Å². The van der Waals surface area contributed by atoms with Gasteiger partial charge in [-0.15, -0.1) is 5.10 Å². The fourth-order valence-electron chi connectivity index (χ4n) is 4.25. The highest BCUT2D eigenvalue weighted by molar-refractivity contribution is 7.89. The Morgan fingerprint density at radius 3 is 2.66 bits per heavy atom. The number of pyridine rings is 1. The first-order valence-corrected chi connectivity index (χ1v) is 13.3. The Bertz CT molecular complexity index is 1460. The number of benzene rings is 1. The maximum atomic E-state index is 14.9. The molecule has 1 aliphatic rings. The van der Waals surface area contributed by atoms with Gasteiger partial charge < -0.3 is 5.32 Å². The van der Waals surface area contributed by atoms with Gasteiger partial charge in [0.2, 0.25) is 15.8 Å². The summed E-state index contributed by atoms with van der Waals surface area (Å²) in [7, 11) is -4.25. The number of halogens is 4. The summed E-state index contributed by atoms with van der Waals surface area (Å²) in [4.78, 5) is 17.3. The summed E-state index contributed by atoms with van der Waals surface area (Å²) in [6.07, 6.45) is -6.00. The summed E-state index contributed by atoms with van der Waals surface area (Å²) in [5.41, 5.74) is 0.843. The zero-order valence-electron chi connectivity index (χ0n) is 20.7. The third kappa shape index (κ3) is 5.83. The van der Waals surface area contributed by atoms with Gasteiger partial charge in [0.1, 0.15) is 17.3 Å². The molecule has 0 aliphatic carbocycles. The summed E-state index contributed by atoms with van der Waals surface area (Å²) in [5, 5.41) is 14.0. The second-order valence-corrected chi connectivity index (χ2v) is 11.2. The zero-order valence-corrected chi connectivity index (χ0v) is 21.5. The summed E-state index contributed by atoms with van der Waals surface area (Å²) in [6.45, 7) is 5.17. The number of fused-ring (bicyclic) bond motifs is 1. The van der Waals surface area contributed by atoms with Crippen molar-refractivity contribution in [1.29, 1.82) is 0 Å². The average molecular weight is 556 g/mol. The first-order valence-electron chi connectivity index (χ1n) is 11.7. The van der Waals surface area contributed by atoms with Crippen LogP contribution in [-0.4, -0.2) is 62.3 Å². The number of hydrogen-bond acceptors (Lipinski definition) is 7. The minimum atomic E-state index is -4.62. The zero-order chi connectivity index (χ0) is 27.8. The van der Waals surface area contributed by atoms with Crippen molar-refractivity contribution in [2.45, 2.75) is 51.9 Å². The quantitative estimate of drug-likeness (QED) is 0.439. The van der Waals surface area contributed by atoms with E-state index in [1.54, 1.807) is 16.8 Å². The number of nitrogens with zero attached hydrogens (tertiary/aromatic N) is 6. The standard InChI is InChI=1S/C23H25F4N7O3S/c1-13(2)34-21(30-31-32-34)19-5-4-6-20(28-19)29-22(35)17-12-16-14(3)33(9-7-15(16)11-18(17)24)38(36,37)10-8-23(25,26)27/h4-6,11-14H,7-10H2,1-3H3,(H,28,29,35). The molecule has 15 heteroatoms. The van der Waals surface area contributed by atoms with E-state index in [1.165, 1.54) is 19.1 Å². The van der Waals surface area contributed by atoms with Crippen LogP contribution in [-0.2, 0) is 16.4 Å². The molecule has 2 aromatic heterocycles. The normalized spacial score (nSPS) is 16.5. The number of nitrogens with one attached hydrogen (secondary N) is 1. The second kappa shape index (κ2) is 10.4. The van der Waals surface area contributed by atoms with E-state index in [1.807, 2.05) is 13.8 Å². The van der Waals surface area contributed by atoms with Crippen molar-refractivity contribution in [3.05, 3.63) is 52.8 Å². The molecule has 4 rings (SSSR count). The lowest BCUT2D eigenvalue weighted by atomic mass is 9.92. The van der Waals surface area contributed by atoms with Gasteiger partial charge in [-0.05, 0) is 73.0 Å². The van der Waals surface area contributed by atoms with E-state index in [9.17, 15) is 30.8 Å².